The molecule has 0 atom stereocenters. The molecule has 0 radical (unpaired) electrons. The summed E-state index contributed by atoms with van der Waals surface area (Å²) in [4.78, 5) is 4.57. The molecular weight excluding hydrogens is 284 g/mol. The highest BCUT2D eigenvalue weighted by molar-refractivity contribution is 5.75. The van der Waals surface area contributed by atoms with E-state index in [4.69, 9.17) is 0 Å². The normalized spacial score (nSPS) is 10.9. The van der Waals surface area contributed by atoms with Gasteiger partial charge in [0, 0.05) is 0 Å². The standard InChI is InChI=1S/C19H23N4/c1-12-11-13(2)15(4)18(14(12)3)20-21-19-22(5)16-9-7-8-10-17(16)23(19)6/h7-11H,1-6H3/q+1. The largest absolute Gasteiger partial charge is 0.479 e. The lowest BCUT2D eigenvalue weighted by Crippen LogP contribution is -2.23. The molecule has 0 fully saturated rings. The Hall–Kier alpha value is -2.58. The minimum atomic E-state index is 0.837. The van der Waals surface area contributed by atoms with Gasteiger partial charge >= 0.3 is 5.62 Å². The van der Waals surface area contributed by atoms with E-state index in [1.807, 2.05) is 26.2 Å². The molecule has 0 N–H and O–H groups in total. The van der Waals surface area contributed by atoms with Gasteiger partial charge < -0.3 is 0 Å². The number of aryl methyl sites for hydroxylation is 4. The Morgan fingerprint density at radius 1 is 0.826 bits per heavy atom. The highest BCUT2D eigenvalue weighted by Gasteiger charge is 2.14. The molecule has 1 aromatic heterocycles. The van der Waals surface area contributed by atoms with Gasteiger partial charge in [0.05, 0.1) is 14.1 Å². The van der Waals surface area contributed by atoms with Gasteiger partial charge in [-0.05, 0) is 67.2 Å². The lowest BCUT2D eigenvalue weighted by molar-refractivity contribution is -0.151. The van der Waals surface area contributed by atoms with Crippen LogP contribution >= 0.6 is 0 Å². The monoisotopic (exact) mass is 307 g/mol. The Labute approximate surface area is 136 Å². The van der Waals surface area contributed by atoms with Gasteiger partial charge in [-0.15, -0.1) is 4.79 Å². The predicted molar refractivity (Wildman–Crippen MR) is 92.8 cm³/mol. The van der Waals surface area contributed by atoms with Gasteiger partial charge in [0.1, 0.15) is 16.7 Å². The second-order valence-corrected chi connectivity index (χ2v) is 6.22. The molecule has 1 heterocycles. The summed E-state index contributed by atoms with van der Waals surface area (Å²) in [5, 5.41) is 4.60. The summed E-state index contributed by atoms with van der Waals surface area (Å²) in [6.45, 7) is 8.46. The van der Waals surface area contributed by atoms with Crippen molar-refractivity contribution < 1.29 is 4.79 Å². The van der Waals surface area contributed by atoms with Gasteiger partial charge in [-0.3, -0.25) is 0 Å². The number of fused-ring (bicyclic) bond motifs is 1. The van der Waals surface area contributed by atoms with E-state index < -0.39 is 0 Å². The van der Waals surface area contributed by atoms with Crippen molar-refractivity contribution in [2.24, 2.45) is 19.2 Å². The van der Waals surface area contributed by atoms with E-state index in [9.17, 15) is 0 Å². The fourth-order valence-corrected chi connectivity index (χ4v) is 3.05. The zero-order valence-electron chi connectivity index (χ0n) is 14.7. The number of rotatable bonds is 1. The maximum atomic E-state index is 4.60. The summed E-state index contributed by atoms with van der Waals surface area (Å²) < 4.78 is 4.15. The van der Waals surface area contributed by atoms with E-state index in [0.29, 0.717) is 0 Å². The molecule has 0 saturated carbocycles. The van der Waals surface area contributed by atoms with Crippen LogP contribution < -0.4 is 5.62 Å². The van der Waals surface area contributed by atoms with E-state index >= 15 is 0 Å². The lowest BCUT2D eigenvalue weighted by atomic mass is 9.99. The summed E-state index contributed by atoms with van der Waals surface area (Å²) in [5.74, 6) is 0. The van der Waals surface area contributed by atoms with Crippen LogP contribution in [-0.2, 0) is 14.1 Å². The first-order chi connectivity index (χ1) is 10.9. The molecule has 3 rings (SSSR count). The molecule has 118 valence electrons. The molecule has 0 unspecified atom stereocenters. The number of benzene rings is 2. The van der Waals surface area contributed by atoms with Crippen LogP contribution in [0.1, 0.15) is 22.3 Å². The Morgan fingerprint density at radius 3 is 1.78 bits per heavy atom. The van der Waals surface area contributed by atoms with E-state index in [-0.39, 0.29) is 0 Å². The van der Waals surface area contributed by atoms with Crippen molar-refractivity contribution >= 4 is 16.7 Å². The van der Waals surface area contributed by atoms with E-state index in [1.54, 1.807) is 0 Å². The summed E-state index contributed by atoms with van der Waals surface area (Å²) >= 11 is 0. The van der Waals surface area contributed by atoms with E-state index in [2.05, 4.69) is 64.9 Å². The van der Waals surface area contributed by atoms with Crippen molar-refractivity contribution in [1.29, 1.82) is 0 Å². The third-order valence-corrected chi connectivity index (χ3v) is 4.77. The van der Waals surface area contributed by atoms with Crippen molar-refractivity contribution in [3.63, 3.8) is 0 Å². The van der Waals surface area contributed by atoms with E-state index in [0.717, 1.165) is 22.3 Å². The van der Waals surface area contributed by atoms with Crippen molar-refractivity contribution in [2.45, 2.75) is 27.7 Å². The number of imidazole rings is 1. The number of aromatic nitrogens is 2. The average Bonchev–Trinajstić information content (AvgIpc) is 2.78. The zero-order chi connectivity index (χ0) is 16.7. The Bertz CT molecular complexity index is 944. The molecule has 0 aliphatic rings. The maximum Gasteiger partial charge on any atom is 0.479 e. The van der Waals surface area contributed by atoms with Crippen molar-refractivity contribution in [3.05, 3.63) is 58.2 Å². The third-order valence-electron chi connectivity index (χ3n) is 4.77. The topological polar surface area (TPSA) is 36.3 Å². The fraction of sp³-hybridized carbons (Fsp3) is 0.316. The van der Waals surface area contributed by atoms with Crippen LogP contribution in [0.25, 0.3) is 11.0 Å². The molecule has 0 amide bonds. The van der Waals surface area contributed by atoms with Crippen molar-refractivity contribution in [2.75, 3.05) is 0 Å². The SMILES string of the molecule is Cc1cc(C)c(C)c(N=[N+]=c2n(C)c3ccccc3n2C)c1C. The number of hydrogen-bond donors (Lipinski definition) is 0. The summed E-state index contributed by atoms with van der Waals surface area (Å²) in [7, 11) is 4.05. The predicted octanol–water partition coefficient (Wildman–Crippen LogP) is 3.64. The summed E-state index contributed by atoms with van der Waals surface area (Å²) in [6.07, 6.45) is 0. The minimum absolute atomic E-state index is 0.837. The summed E-state index contributed by atoms with van der Waals surface area (Å²) in [6, 6.07) is 10.5. The van der Waals surface area contributed by atoms with Gasteiger partial charge in [-0.2, -0.15) is 0 Å². The van der Waals surface area contributed by atoms with Crippen LogP contribution in [-0.4, -0.2) is 13.9 Å². The highest BCUT2D eigenvalue weighted by Crippen LogP contribution is 2.28. The Kier molecular flexibility index (Phi) is 3.70. The molecule has 0 saturated heterocycles. The van der Waals surface area contributed by atoms with Crippen LogP contribution in [0.2, 0.25) is 0 Å². The second-order valence-electron chi connectivity index (χ2n) is 6.22. The fourth-order valence-electron chi connectivity index (χ4n) is 3.05. The van der Waals surface area contributed by atoms with Crippen molar-refractivity contribution in [3.8, 4) is 0 Å². The molecule has 0 spiro atoms. The van der Waals surface area contributed by atoms with Gasteiger partial charge in [0.15, 0.2) is 0 Å². The first-order valence-corrected chi connectivity index (χ1v) is 7.84. The average molecular weight is 307 g/mol. The lowest BCUT2D eigenvalue weighted by Gasteiger charge is -2.08. The van der Waals surface area contributed by atoms with Crippen LogP contribution in [0.3, 0.4) is 0 Å². The van der Waals surface area contributed by atoms with Crippen LogP contribution in [0.4, 0.5) is 5.69 Å². The van der Waals surface area contributed by atoms with Crippen LogP contribution in [0.15, 0.2) is 35.4 Å². The van der Waals surface area contributed by atoms with Gasteiger partial charge in [0.25, 0.3) is 0 Å². The number of hydrogen-bond acceptors (Lipinski definition) is 1. The smallest absolute Gasteiger partial charge is 0.215 e. The maximum absolute atomic E-state index is 4.60. The highest BCUT2D eigenvalue weighted by atomic mass is 15.2. The first-order valence-electron chi connectivity index (χ1n) is 7.84. The van der Waals surface area contributed by atoms with Gasteiger partial charge in [-0.25, -0.2) is 9.13 Å². The first kappa shape index (κ1) is 15.3. The molecule has 23 heavy (non-hydrogen) atoms. The Balaban J connectivity index is 2.35. The van der Waals surface area contributed by atoms with Crippen molar-refractivity contribution in [1.82, 2.24) is 9.13 Å². The number of para-hydroxylation sites is 2. The van der Waals surface area contributed by atoms with Gasteiger partial charge in [-0.1, -0.05) is 18.2 Å². The quantitative estimate of drug-likeness (QED) is 0.486. The molecule has 3 aromatic rings. The summed E-state index contributed by atoms with van der Waals surface area (Å²) in [5.41, 5.74) is 9.01. The van der Waals surface area contributed by atoms with Crippen LogP contribution in [0.5, 0.6) is 0 Å². The molecule has 2 aromatic carbocycles. The Morgan fingerprint density at radius 2 is 1.30 bits per heavy atom. The zero-order valence-corrected chi connectivity index (χ0v) is 14.7. The number of nitrogens with zero attached hydrogens (tertiary/aromatic N) is 4. The third kappa shape index (κ3) is 2.41. The van der Waals surface area contributed by atoms with E-state index in [1.165, 1.54) is 22.3 Å². The van der Waals surface area contributed by atoms with Gasteiger partial charge in [0.2, 0.25) is 0 Å². The molecule has 0 bridgehead atoms. The molecule has 4 nitrogen and oxygen atoms in total. The second kappa shape index (κ2) is 5.56. The molecule has 0 aliphatic carbocycles. The molecule has 4 heteroatoms. The molecule has 0 aliphatic heterocycles. The van der Waals surface area contributed by atoms with Crippen LogP contribution in [0, 0.1) is 27.7 Å². The molecular formula is C19H23N4+. The minimum Gasteiger partial charge on any atom is -0.215 e.